The molecular weight excluding hydrogens is 310 g/mol. The number of amides is 1. The number of nitrogens with zero attached hydrogens (tertiary/aromatic N) is 1. The molecule has 3 N–H and O–H groups in total. The van der Waals surface area contributed by atoms with Gasteiger partial charge in [-0.25, -0.2) is 0 Å². The number of nitrogens with one attached hydrogen (secondary N) is 1. The smallest absolute Gasteiger partial charge is 0.248 e. The SMILES string of the molecule is Cl.NC(=O)c1ccc(C2CCN(CC3CCNCC3)CC2)cc1. The molecule has 0 atom stereocenters. The number of likely N-dealkylation sites (tertiary alicyclic amines) is 1. The summed E-state index contributed by atoms with van der Waals surface area (Å²) in [6.45, 7) is 6.05. The fraction of sp³-hybridized carbons (Fsp3) is 0.611. The third-order valence-electron chi connectivity index (χ3n) is 5.23. The summed E-state index contributed by atoms with van der Waals surface area (Å²) < 4.78 is 0. The number of nitrogens with two attached hydrogens (primary N) is 1. The van der Waals surface area contributed by atoms with Crippen LogP contribution in [0.3, 0.4) is 0 Å². The molecule has 2 aliphatic heterocycles. The van der Waals surface area contributed by atoms with E-state index in [1.165, 1.54) is 64.0 Å². The summed E-state index contributed by atoms with van der Waals surface area (Å²) >= 11 is 0. The molecule has 23 heavy (non-hydrogen) atoms. The van der Waals surface area contributed by atoms with Crippen LogP contribution in [0.1, 0.15) is 47.5 Å². The van der Waals surface area contributed by atoms with Gasteiger partial charge in [0, 0.05) is 12.1 Å². The lowest BCUT2D eigenvalue weighted by Gasteiger charge is -2.35. The molecule has 128 valence electrons. The van der Waals surface area contributed by atoms with Crippen molar-refractivity contribution in [3.8, 4) is 0 Å². The van der Waals surface area contributed by atoms with Gasteiger partial charge in [-0.2, -0.15) is 0 Å². The summed E-state index contributed by atoms with van der Waals surface area (Å²) in [7, 11) is 0. The van der Waals surface area contributed by atoms with Gasteiger partial charge in [0.2, 0.25) is 5.91 Å². The summed E-state index contributed by atoms with van der Waals surface area (Å²) in [5, 5.41) is 3.44. The van der Waals surface area contributed by atoms with Gasteiger partial charge in [0.1, 0.15) is 0 Å². The van der Waals surface area contributed by atoms with E-state index in [1.807, 2.05) is 12.1 Å². The van der Waals surface area contributed by atoms with Crippen LogP contribution in [0.5, 0.6) is 0 Å². The van der Waals surface area contributed by atoms with Crippen LogP contribution in [0.4, 0.5) is 0 Å². The highest BCUT2D eigenvalue weighted by atomic mass is 35.5. The monoisotopic (exact) mass is 337 g/mol. The number of benzene rings is 1. The van der Waals surface area contributed by atoms with Gasteiger partial charge < -0.3 is 16.0 Å². The van der Waals surface area contributed by atoms with E-state index in [-0.39, 0.29) is 18.3 Å². The van der Waals surface area contributed by atoms with E-state index in [0.717, 1.165) is 5.92 Å². The van der Waals surface area contributed by atoms with Gasteiger partial charge in [-0.1, -0.05) is 12.1 Å². The van der Waals surface area contributed by atoms with Gasteiger partial charge in [0.25, 0.3) is 0 Å². The third-order valence-corrected chi connectivity index (χ3v) is 5.23. The zero-order valence-corrected chi connectivity index (χ0v) is 14.5. The fourth-order valence-corrected chi connectivity index (χ4v) is 3.80. The first-order valence-corrected chi connectivity index (χ1v) is 8.55. The lowest BCUT2D eigenvalue weighted by molar-refractivity contribution is 0.100. The lowest BCUT2D eigenvalue weighted by atomic mass is 9.88. The number of halogens is 1. The Kier molecular flexibility index (Phi) is 6.88. The molecule has 0 unspecified atom stereocenters. The van der Waals surface area contributed by atoms with E-state index < -0.39 is 0 Å². The molecule has 5 heteroatoms. The second kappa shape index (κ2) is 8.67. The Morgan fingerprint density at radius 1 is 1.09 bits per heavy atom. The highest BCUT2D eigenvalue weighted by molar-refractivity contribution is 5.92. The van der Waals surface area contributed by atoms with Crippen LogP contribution in [-0.2, 0) is 0 Å². The zero-order valence-electron chi connectivity index (χ0n) is 13.7. The minimum absolute atomic E-state index is 0. The molecule has 2 saturated heterocycles. The first-order valence-electron chi connectivity index (χ1n) is 8.55. The van der Waals surface area contributed by atoms with E-state index >= 15 is 0 Å². The largest absolute Gasteiger partial charge is 0.366 e. The van der Waals surface area contributed by atoms with Crippen molar-refractivity contribution in [2.24, 2.45) is 11.7 Å². The molecule has 2 aliphatic rings. The first-order chi connectivity index (χ1) is 10.7. The van der Waals surface area contributed by atoms with Gasteiger partial charge in [-0.05, 0) is 81.4 Å². The average molecular weight is 338 g/mol. The molecule has 2 heterocycles. The Bertz CT molecular complexity index is 491. The van der Waals surface area contributed by atoms with E-state index in [9.17, 15) is 4.79 Å². The van der Waals surface area contributed by atoms with E-state index in [2.05, 4.69) is 22.3 Å². The second-order valence-corrected chi connectivity index (χ2v) is 6.75. The highest BCUT2D eigenvalue weighted by Crippen LogP contribution is 2.29. The van der Waals surface area contributed by atoms with Gasteiger partial charge in [-0.15, -0.1) is 12.4 Å². The fourth-order valence-electron chi connectivity index (χ4n) is 3.80. The molecule has 0 saturated carbocycles. The van der Waals surface area contributed by atoms with Crippen LogP contribution in [0.2, 0.25) is 0 Å². The Morgan fingerprint density at radius 3 is 2.26 bits per heavy atom. The van der Waals surface area contributed by atoms with Crippen LogP contribution < -0.4 is 11.1 Å². The predicted octanol–water partition coefficient (Wildman–Crippen LogP) is 2.39. The molecule has 1 aromatic carbocycles. The molecule has 0 radical (unpaired) electrons. The highest BCUT2D eigenvalue weighted by Gasteiger charge is 2.23. The third kappa shape index (κ3) is 4.93. The van der Waals surface area contributed by atoms with Crippen molar-refractivity contribution in [1.82, 2.24) is 10.2 Å². The summed E-state index contributed by atoms with van der Waals surface area (Å²) in [4.78, 5) is 13.8. The maximum Gasteiger partial charge on any atom is 0.248 e. The number of rotatable bonds is 4. The maximum absolute atomic E-state index is 11.1. The molecule has 3 rings (SSSR count). The molecule has 2 fully saturated rings. The Morgan fingerprint density at radius 2 is 1.70 bits per heavy atom. The normalized spacial score (nSPS) is 20.9. The first kappa shape index (κ1) is 18.2. The number of carbonyl (C=O) groups is 1. The molecule has 0 aromatic heterocycles. The quantitative estimate of drug-likeness (QED) is 0.887. The number of carbonyl (C=O) groups excluding carboxylic acids is 1. The van der Waals surface area contributed by atoms with Crippen LogP contribution in [0.15, 0.2) is 24.3 Å². The zero-order chi connectivity index (χ0) is 15.4. The minimum atomic E-state index is -0.344. The number of hydrogen-bond donors (Lipinski definition) is 2. The standard InChI is InChI=1S/C18H27N3O.ClH/c19-18(22)17-3-1-15(2-4-17)16-7-11-21(12-8-16)13-14-5-9-20-10-6-14;/h1-4,14,16,20H,5-13H2,(H2,19,22);1H. The Labute approximate surface area is 145 Å². The number of piperidine rings is 2. The van der Waals surface area contributed by atoms with Crippen molar-refractivity contribution < 1.29 is 4.79 Å². The lowest BCUT2D eigenvalue weighted by Crippen LogP contribution is -2.39. The average Bonchev–Trinajstić information content (AvgIpc) is 2.57. The van der Waals surface area contributed by atoms with Crippen molar-refractivity contribution in [3.63, 3.8) is 0 Å². The molecule has 1 amide bonds. The molecular formula is C18H28ClN3O. The number of hydrogen-bond acceptors (Lipinski definition) is 3. The minimum Gasteiger partial charge on any atom is -0.366 e. The predicted molar refractivity (Wildman–Crippen MR) is 96.2 cm³/mol. The van der Waals surface area contributed by atoms with Crippen LogP contribution in [0.25, 0.3) is 0 Å². The van der Waals surface area contributed by atoms with Crippen LogP contribution >= 0.6 is 12.4 Å². The van der Waals surface area contributed by atoms with E-state index in [0.29, 0.717) is 11.5 Å². The van der Waals surface area contributed by atoms with Gasteiger partial charge >= 0.3 is 0 Å². The number of primary amides is 1. The summed E-state index contributed by atoms with van der Waals surface area (Å²) in [6, 6.07) is 7.87. The van der Waals surface area contributed by atoms with Crippen molar-refractivity contribution in [2.45, 2.75) is 31.6 Å². The van der Waals surface area contributed by atoms with Crippen molar-refractivity contribution in [3.05, 3.63) is 35.4 Å². The van der Waals surface area contributed by atoms with Gasteiger partial charge in [0.15, 0.2) is 0 Å². The van der Waals surface area contributed by atoms with Gasteiger partial charge in [0.05, 0.1) is 0 Å². The Balaban J connectivity index is 0.00000192. The Hall–Kier alpha value is -1.10. The van der Waals surface area contributed by atoms with Crippen molar-refractivity contribution in [2.75, 3.05) is 32.7 Å². The van der Waals surface area contributed by atoms with E-state index in [4.69, 9.17) is 5.73 Å². The molecule has 0 aliphatic carbocycles. The molecule has 0 bridgehead atoms. The van der Waals surface area contributed by atoms with Crippen LogP contribution in [0, 0.1) is 5.92 Å². The summed E-state index contributed by atoms with van der Waals surface area (Å²) in [5.41, 5.74) is 7.26. The van der Waals surface area contributed by atoms with Gasteiger partial charge in [-0.3, -0.25) is 4.79 Å². The molecule has 1 aromatic rings. The topological polar surface area (TPSA) is 58.4 Å². The molecule has 4 nitrogen and oxygen atoms in total. The maximum atomic E-state index is 11.1. The van der Waals surface area contributed by atoms with Crippen LogP contribution in [-0.4, -0.2) is 43.5 Å². The van der Waals surface area contributed by atoms with Crippen molar-refractivity contribution >= 4 is 18.3 Å². The molecule has 0 spiro atoms. The summed E-state index contributed by atoms with van der Waals surface area (Å²) in [5.74, 6) is 1.17. The summed E-state index contributed by atoms with van der Waals surface area (Å²) in [6.07, 6.45) is 5.10. The van der Waals surface area contributed by atoms with E-state index in [1.54, 1.807) is 0 Å². The van der Waals surface area contributed by atoms with Crippen molar-refractivity contribution in [1.29, 1.82) is 0 Å². The second-order valence-electron chi connectivity index (χ2n) is 6.75.